The molecule has 264 valence electrons. The van der Waals surface area contributed by atoms with Crippen LogP contribution in [0.1, 0.15) is 28.8 Å². The number of fused-ring (bicyclic) bond motifs is 3. The van der Waals surface area contributed by atoms with E-state index in [1.54, 1.807) is 18.2 Å². The van der Waals surface area contributed by atoms with Crippen molar-refractivity contribution in [2.75, 3.05) is 4.90 Å². The Labute approximate surface area is 357 Å². The minimum absolute atomic E-state index is 0.211. The summed E-state index contributed by atoms with van der Waals surface area (Å²) in [5.74, 6) is 0. The normalized spacial score (nSPS) is 16.5. The summed E-state index contributed by atoms with van der Waals surface area (Å²) >= 11 is 0. The molecule has 2 heteroatoms. The maximum absolute atomic E-state index is 9.71. The maximum atomic E-state index is 9.71. The second kappa shape index (κ2) is 14.4. The summed E-state index contributed by atoms with van der Waals surface area (Å²) in [7, 11) is 0. The molecule has 0 amide bonds. The molecule has 0 saturated carbocycles. The molecular weight excluding hydrogens is 677 g/mol. The molecule has 0 aliphatic heterocycles. The molecule has 0 atom stereocenters. The van der Waals surface area contributed by atoms with Crippen LogP contribution in [-0.4, -0.2) is 4.57 Å². The smallest absolute Gasteiger partial charge is 0.0645 e. The number of anilines is 3. The predicted octanol–water partition coefficient (Wildman–Crippen LogP) is 14.9. The Hall–Kier alpha value is -7.42. The van der Waals surface area contributed by atoms with Gasteiger partial charge >= 0.3 is 0 Å². The van der Waals surface area contributed by atoms with Crippen LogP contribution in [0, 0.1) is 0 Å². The molecule has 0 aliphatic carbocycles. The molecule has 1 heterocycles. The fraction of sp³-hybridized carbons (Fsp3) is 0. The number of hydrogen-bond acceptors (Lipinski definition) is 1. The Bertz CT molecular complexity index is 4080. The van der Waals surface area contributed by atoms with E-state index in [0.29, 0.717) is 10.3 Å². The molecule has 9 aromatic carbocycles. The lowest BCUT2D eigenvalue weighted by atomic mass is 10.0. The van der Waals surface area contributed by atoms with Gasteiger partial charge in [0.1, 0.15) is 0 Å². The van der Waals surface area contributed by atoms with Crippen LogP contribution in [0.5, 0.6) is 0 Å². The monoisotopic (exact) mass is 735 g/mol. The zero-order chi connectivity index (χ0) is 55.5. The highest BCUT2D eigenvalue weighted by Crippen LogP contribution is 2.40. The Kier molecular flexibility index (Phi) is 4.59. The van der Waals surface area contributed by atoms with Crippen molar-refractivity contribution in [3.05, 3.63) is 230 Å². The quantitative estimate of drug-likeness (QED) is 0.151. The van der Waals surface area contributed by atoms with Crippen LogP contribution in [0.2, 0.25) is 0 Å². The van der Waals surface area contributed by atoms with Gasteiger partial charge in [-0.2, -0.15) is 0 Å². The van der Waals surface area contributed by atoms with Crippen molar-refractivity contribution in [3.63, 3.8) is 0 Å². The van der Waals surface area contributed by atoms with Gasteiger partial charge in [-0.15, -0.1) is 0 Å². The van der Waals surface area contributed by atoms with Crippen molar-refractivity contribution in [2.45, 2.75) is 0 Å². The van der Waals surface area contributed by atoms with Crippen molar-refractivity contribution >= 4 is 38.9 Å². The number of aromatic nitrogens is 1. The predicted molar refractivity (Wildman–Crippen MR) is 237 cm³/mol. The average molecular weight is 736 g/mol. The third kappa shape index (κ3) is 6.14. The van der Waals surface area contributed by atoms with Crippen LogP contribution in [0.3, 0.4) is 0 Å². The summed E-state index contributed by atoms with van der Waals surface area (Å²) in [6, 6.07) is 13.2. The van der Waals surface area contributed by atoms with Crippen LogP contribution < -0.4 is 4.90 Å². The minimum atomic E-state index is -1.05. The molecule has 0 unspecified atom stereocenters. The van der Waals surface area contributed by atoms with E-state index in [9.17, 15) is 12.3 Å². The van der Waals surface area contributed by atoms with Gasteiger partial charge in [0.2, 0.25) is 0 Å². The first-order valence-electron chi connectivity index (χ1n) is 28.0. The fourth-order valence-corrected chi connectivity index (χ4v) is 6.76. The molecule has 0 fully saturated rings. The molecule has 10 aromatic rings. The Morgan fingerprint density at radius 3 is 1.61 bits per heavy atom. The van der Waals surface area contributed by atoms with Crippen LogP contribution in [0.25, 0.3) is 72.0 Å². The van der Waals surface area contributed by atoms with Gasteiger partial charge < -0.3 is 9.47 Å². The number of para-hydroxylation sites is 2. The summed E-state index contributed by atoms with van der Waals surface area (Å²) in [5, 5.41) is 1.48. The molecule has 0 saturated heterocycles. The lowest BCUT2D eigenvalue weighted by Gasteiger charge is -2.26. The highest BCUT2D eigenvalue weighted by atomic mass is 15.1. The average Bonchev–Trinajstić information content (AvgIpc) is 3.78. The van der Waals surface area contributed by atoms with Crippen molar-refractivity contribution in [2.24, 2.45) is 0 Å². The van der Waals surface area contributed by atoms with E-state index in [0.717, 1.165) is 39.3 Å². The van der Waals surface area contributed by atoms with Crippen molar-refractivity contribution in [1.82, 2.24) is 4.57 Å². The second-order valence-corrected chi connectivity index (χ2v) is 12.6. The first kappa shape index (κ1) is 17.8. The first-order valence-corrected chi connectivity index (χ1v) is 17.5. The van der Waals surface area contributed by atoms with E-state index in [1.165, 1.54) is 0 Å². The molecule has 0 aliphatic rings. The summed E-state index contributed by atoms with van der Waals surface area (Å²) in [6.45, 7) is 0. The van der Waals surface area contributed by atoms with Crippen LogP contribution in [-0.2, 0) is 0 Å². The highest BCUT2D eigenvalue weighted by molar-refractivity contribution is 6.11. The number of hydrogen-bond donors (Lipinski definition) is 0. The van der Waals surface area contributed by atoms with Gasteiger partial charge in [0.05, 0.1) is 45.5 Å². The van der Waals surface area contributed by atoms with Gasteiger partial charge in [0, 0.05) is 33.4 Å². The van der Waals surface area contributed by atoms with Gasteiger partial charge in [-0.25, -0.2) is 0 Å². The Morgan fingerprint density at radius 1 is 0.339 bits per heavy atom. The third-order valence-electron chi connectivity index (χ3n) is 9.29. The largest absolute Gasteiger partial charge is 0.310 e. The molecule has 0 spiro atoms. The molecule has 2 nitrogen and oxygen atoms in total. The lowest BCUT2D eigenvalue weighted by Crippen LogP contribution is -2.10. The number of benzene rings is 9. The number of nitrogens with zero attached hydrogens (tertiary/aromatic N) is 2. The van der Waals surface area contributed by atoms with Gasteiger partial charge in [-0.3, -0.25) is 0 Å². The highest BCUT2D eigenvalue weighted by Gasteiger charge is 2.18. The van der Waals surface area contributed by atoms with E-state index >= 15 is 0 Å². The summed E-state index contributed by atoms with van der Waals surface area (Å²) in [5.41, 5.74) is -0.630. The molecule has 0 radical (unpaired) electrons. The molecule has 1 aromatic heterocycles. The second-order valence-electron chi connectivity index (χ2n) is 12.6. The molecule has 56 heavy (non-hydrogen) atoms. The topological polar surface area (TPSA) is 8.17 Å². The zero-order valence-corrected chi connectivity index (χ0v) is 29.2. The summed E-state index contributed by atoms with van der Waals surface area (Å²) in [6.07, 6.45) is 0. The Morgan fingerprint density at radius 2 is 0.893 bits per heavy atom. The van der Waals surface area contributed by atoms with Crippen LogP contribution in [0.4, 0.5) is 17.1 Å². The fourth-order valence-electron chi connectivity index (χ4n) is 6.76. The molecular formula is C54H38N2. The van der Waals surface area contributed by atoms with Gasteiger partial charge in [-0.05, 0) is 99.5 Å². The van der Waals surface area contributed by atoms with E-state index in [-0.39, 0.29) is 11.1 Å². The number of rotatable bonds is 8. The minimum Gasteiger partial charge on any atom is -0.310 e. The van der Waals surface area contributed by atoms with Gasteiger partial charge in [-0.1, -0.05) is 169 Å². The maximum Gasteiger partial charge on any atom is 0.0645 e. The lowest BCUT2D eigenvalue weighted by molar-refractivity contribution is 1.18. The summed E-state index contributed by atoms with van der Waals surface area (Å²) < 4.78 is 190. The Balaban J connectivity index is 1.26. The van der Waals surface area contributed by atoms with Crippen molar-refractivity contribution in [1.29, 1.82) is 0 Å². The van der Waals surface area contributed by atoms with E-state index in [4.69, 9.17) is 16.4 Å². The van der Waals surface area contributed by atoms with Gasteiger partial charge in [0.15, 0.2) is 0 Å². The first-order chi connectivity index (χ1) is 36.5. The van der Waals surface area contributed by atoms with E-state index < -0.39 is 166 Å². The summed E-state index contributed by atoms with van der Waals surface area (Å²) in [4.78, 5) is 0.649. The van der Waals surface area contributed by atoms with Crippen LogP contribution in [0.15, 0.2) is 230 Å². The van der Waals surface area contributed by atoms with E-state index in [2.05, 4.69) is 4.57 Å². The standard InChI is InChI=1S/C54H38N2/c1-4-15-39(16-5-1)41-27-32-46(33-28-41)55(48-22-14-21-44(37-48)40-17-6-2-7-18-40)47-34-29-42(30-35-47)45-31-36-54-51(38-45)50-24-11-13-26-53(50)56(54)52-25-12-10-23-49(52)43-19-8-3-9-20-43/h1-38H/i1D,2D,4D,5D,6D,7D,14D,15D,16D,17D,18D,21D,22D,27D,28D,29D,30D,32D,33D,34D,35D. The third-order valence-corrected chi connectivity index (χ3v) is 9.29. The van der Waals surface area contributed by atoms with Gasteiger partial charge in [0.25, 0.3) is 0 Å². The molecule has 0 bridgehead atoms. The zero-order valence-electron chi connectivity index (χ0n) is 50.2. The van der Waals surface area contributed by atoms with Crippen molar-refractivity contribution in [3.8, 4) is 50.2 Å². The molecule has 0 N–H and O–H groups in total. The van der Waals surface area contributed by atoms with E-state index in [1.807, 2.05) is 78.9 Å². The van der Waals surface area contributed by atoms with Crippen LogP contribution >= 0.6 is 0 Å². The SMILES string of the molecule is [2H]c1c(-c2c([2H])c([2H])c([2H])c([2H])c2[2H])cc(N(c2c([2H])c([2H])c(-c3ccc4c(c3)c3ccccc3n4-c3ccccc3-c3ccccc3)c([2H])c2[2H])c2c([2H])c([2H])c(-c3c([2H])c([2H])c([2H])c([2H])c3[2H])c([2H])c2[2H])c([2H])c1[2H]. The van der Waals surface area contributed by atoms with Crippen molar-refractivity contribution < 1.29 is 28.8 Å². The molecule has 10 rings (SSSR count).